The first-order valence-electron chi connectivity index (χ1n) is 16.4. The highest BCUT2D eigenvalue weighted by Gasteiger charge is 2.34. The molecule has 260 valence electrons. The van der Waals surface area contributed by atoms with Crippen LogP contribution in [0.5, 0.6) is 0 Å². The highest BCUT2D eigenvalue weighted by molar-refractivity contribution is 7.63. The predicted molar refractivity (Wildman–Crippen MR) is 174 cm³/mol. The third-order valence-corrected chi connectivity index (χ3v) is 10.2. The number of unbranched alkanes of at least 4 members (excludes halogenated alkanes) is 15. The van der Waals surface area contributed by atoms with Crippen LogP contribution in [-0.2, 0) is 34.0 Å². The molecule has 2 heterocycles. The first-order valence-corrected chi connectivity index (χ1v) is 19.6. The maximum absolute atomic E-state index is 12.3. The van der Waals surface area contributed by atoms with E-state index in [2.05, 4.69) is 26.2 Å². The van der Waals surface area contributed by atoms with Gasteiger partial charge in [0.2, 0.25) is 0 Å². The number of nitrogens with zero attached hydrogens (tertiary/aromatic N) is 4. The number of hydrogen-bond acceptors (Lipinski definition) is 11. The smallest absolute Gasteiger partial charge is 0.394 e. The summed E-state index contributed by atoms with van der Waals surface area (Å²) in [6.07, 6.45) is 21.3. The first-order chi connectivity index (χ1) is 21.7. The van der Waals surface area contributed by atoms with Crippen molar-refractivity contribution in [2.45, 2.75) is 122 Å². The van der Waals surface area contributed by atoms with E-state index >= 15 is 0 Å². The monoisotopic (exact) mass is 679 g/mol. The number of anilines is 1. The molecule has 14 nitrogen and oxygen atoms in total. The van der Waals surface area contributed by atoms with Gasteiger partial charge in [0.1, 0.15) is 18.2 Å². The minimum absolute atomic E-state index is 0.00742. The van der Waals surface area contributed by atoms with Crippen LogP contribution in [0.1, 0.15) is 110 Å². The second kappa shape index (κ2) is 23.0. The Morgan fingerprint density at radius 2 is 1.40 bits per heavy atom. The van der Waals surface area contributed by atoms with Crippen molar-refractivity contribution in [2.24, 2.45) is 0 Å². The summed E-state index contributed by atoms with van der Waals surface area (Å²) < 4.78 is 46.0. The molecule has 0 saturated carbocycles. The van der Waals surface area contributed by atoms with E-state index in [0.717, 1.165) is 19.3 Å². The molecule has 0 aliphatic rings. The van der Waals surface area contributed by atoms with Crippen LogP contribution in [0.3, 0.4) is 0 Å². The van der Waals surface area contributed by atoms with Gasteiger partial charge in [-0.2, -0.15) is 0 Å². The number of aliphatic hydroxyl groups excluding tert-OH is 1. The Bertz CT molecular complexity index is 1160. The van der Waals surface area contributed by atoms with Gasteiger partial charge in [-0.15, -0.1) is 0 Å². The zero-order chi connectivity index (χ0) is 32.8. The molecule has 0 amide bonds. The highest BCUT2D eigenvalue weighted by atomic mass is 31.3. The number of ether oxygens (including phenoxy) is 2. The van der Waals surface area contributed by atoms with Crippen molar-refractivity contribution in [1.82, 2.24) is 19.5 Å². The van der Waals surface area contributed by atoms with Crippen molar-refractivity contribution in [3.8, 4) is 0 Å². The van der Waals surface area contributed by atoms with E-state index in [1.807, 2.05) is 0 Å². The lowest BCUT2D eigenvalue weighted by molar-refractivity contribution is 0.0196. The molecule has 2 aromatic rings. The van der Waals surface area contributed by atoms with Crippen molar-refractivity contribution in [2.75, 3.05) is 38.5 Å². The molecule has 0 spiro atoms. The quantitative estimate of drug-likeness (QED) is 0.0548. The number of aromatic nitrogens is 4. The molecule has 0 aromatic carbocycles. The summed E-state index contributed by atoms with van der Waals surface area (Å²) in [7, 11) is -9.56. The number of aliphatic hydroxyl groups is 1. The average Bonchev–Trinajstić information content (AvgIpc) is 3.41. The Morgan fingerprint density at radius 1 is 0.822 bits per heavy atom. The van der Waals surface area contributed by atoms with Crippen LogP contribution in [0.15, 0.2) is 12.7 Å². The summed E-state index contributed by atoms with van der Waals surface area (Å²) >= 11 is 0. The second-order valence-corrected chi connectivity index (χ2v) is 14.7. The molecule has 16 heteroatoms. The van der Waals surface area contributed by atoms with E-state index in [9.17, 15) is 24.0 Å². The van der Waals surface area contributed by atoms with Crippen LogP contribution in [0, 0.1) is 0 Å². The third kappa shape index (κ3) is 17.9. The normalized spacial score (nSPS) is 15.3. The van der Waals surface area contributed by atoms with Gasteiger partial charge in [0.05, 0.1) is 38.8 Å². The first kappa shape index (κ1) is 39.7. The van der Waals surface area contributed by atoms with Crippen LogP contribution in [-0.4, -0.2) is 73.3 Å². The summed E-state index contributed by atoms with van der Waals surface area (Å²) in [5, 5.41) is 9.64. The van der Waals surface area contributed by atoms with E-state index < -0.39 is 34.5 Å². The fourth-order valence-corrected chi connectivity index (χ4v) is 7.26. The van der Waals surface area contributed by atoms with Gasteiger partial charge in [-0.05, 0) is 6.42 Å². The number of phosphoric acid groups is 1. The average molecular weight is 680 g/mol. The predicted octanol–water partition coefficient (Wildman–Crippen LogP) is 6.34. The minimum atomic E-state index is -4.85. The summed E-state index contributed by atoms with van der Waals surface area (Å²) in [5.74, 6) is 0.179. The molecule has 3 atom stereocenters. The molecule has 0 saturated heterocycles. The Morgan fingerprint density at radius 3 is 1.98 bits per heavy atom. The number of hydrogen-bond donors (Lipinski definition) is 4. The van der Waals surface area contributed by atoms with E-state index in [4.69, 9.17) is 19.7 Å². The molecule has 5 N–H and O–H groups in total. The molecule has 0 bridgehead atoms. The Hall–Kier alpha value is -1.47. The van der Waals surface area contributed by atoms with Gasteiger partial charge in [0.25, 0.3) is 0 Å². The molecular formula is C29H55N5O9P2. The van der Waals surface area contributed by atoms with Gasteiger partial charge in [-0.1, -0.05) is 103 Å². The fraction of sp³-hybridized carbons (Fsp3) is 0.828. The highest BCUT2D eigenvalue weighted by Crippen LogP contribution is 2.59. The molecule has 0 aliphatic heterocycles. The number of nitrogen functional groups attached to an aromatic ring is 1. The number of fused-ring (bicyclic) bond motifs is 1. The summed E-state index contributed by atoms with van der Waals surface area (Å²) in [6, 6.07) is 0. The summed E-state index contributed by atoms with van der Waals surface area (Å²) in [4.78, 5) is 31.9. The van der Waals surface area contributed by atoms with Crippen LogP contribution in [0.25, 0.3) is 11.2 Å². The van der Waals surface area contributed by atoms with E-state index in [1.165, 1.54) is 101 Å². The van der Waals surface area contributed by atoms with Gasteiger partial charge < -0.3 is 34.7 Å². The fourth-order valence-electron chi connectivity index (χ4n) is 4.89. The van der Waals surface area contributed by atoms with Gasteiger partial charge >= 0.3 is 15.4 Å². The number of imidazole rings is 1. The molecule has 2 unspecified atom stereocenters. The van der Waals surface area contributed by atoms with Crippen molar-refractivity contribution in [3.63, 3.8) is 0 Å². The maximum atomic E-state index is 12.3. The van der Waals surface area contributed by atoms with Crippen LogP contribution < -0.4 is 5.73 Å². The SMILES string of the molecule is CCCCCCCCCCCCCCCCCCOCCOP(=O)(O)OP(=O)(O)CO[C@H](CO)Cn1cnc2c(N)ncnc21. The van der Waals surface area contributed by atoms with Crippen LogP contribution in [0.4, 0.5) is 5.82 Å². The third-order valence-electron chi connectivity index (χ3n) is 7.36. The molecule has 0 aliphatic carbocycles. The lowest BCUT2D eigenvalue weighted by atomic mass is 10.0. The maximum Gasteiger partial charge on any atom is 0.479 e. The second-order valence-electron chi connectivity index (χ2n) is 11.4. The number of rotatable bonds is 29. The Labute approximate surface area is 267 Å². The Kier molecular flexibility index (Phi) is 20.3. The van der Waals surface area contributed by atoms with Crippen molar-refractivity contribution in [3.05, 3.63) is 12.7 Å². The van der Waals surface area contributed by atoms with Crippen molar-refractivity contribution >= 4 is 32.4 Å². The largest absolute Gasteiger partial charge is 0.479 e. The van der Waals surface area contributed by atoms with E-state index in [0.29, 0.717) is 17.8 Å². The number of phosphoric ester groups is 1. The standard InChI is InChI=1S/C29H55N5O9P2/c1-2-3-4-5-6-7-8-9-10-11-12-13-14-15-16-17-18-40-19-20-42-45(38,39)43-44(36,37)25-41-26(22-35)21-34-24-33-27-28(30)31-23-32-29(27)34/h23-24,26,35H,2-22,25H2,1H3,(H,36,37)(H,38,39)(H2,30,31,32)/t26-/m0/s1. The lowest BCUT2D eigenvalue weighted by Crippen LogP contribution is -2.24. The molecule has 45 heavy (non-hydrogen) atoms. The van der Waals surface area contributed by atoms with Crippen LogP contribution >= 0.6 is 15.4 Å². The zero-order valence-corrected chi connectivity index (χ0v) is 28.6. The molecule has 2 rings (SSSR count). The number of nitrogens with two attached hydrogens (primary N) is 1. The molecule has 0 fully saturated rings. The van der Waals surface area contributed by atoms with Gasteiger partial charge in [-0.25, -0.2) is 23.8 Å². The topological polar surface area (TPSA) is 201 Å². The van der Waals surface area contributed by atoms with Crippen molar-refractivity contribution < 1.29 is 42.3 Å². The minimum Gasteiger partial charge on any atom is -0.394 e. The summed E-state index contributed by atoms with van der Waals surface area (Å²) in [6.45, 7) is 1.99. The lowest BCUT2D eigenvalue weighted by Gasteiger charge is -2.20. The van der Waals surface area contributed by atoms with E-state index in [-0.39, 0.29) is 25.6 Å². The Balaban J connectivity index is 1.46. The van der Waals surface area contributed by atoms with E-state index in [1.54, 1.807) is 0 Å². The molecular weight excluding hydrogens is 624 g/mol. The molecule has 2 aromatic heterocycles. The van der Waals surface area contributed by atoms with Crippen LogP contribution in [0.2, 0.25) is 0 Å². The van der Waals surface area contributed by atoms with Gasteiger partial charge in [-0.3, -0.25) is 9.09 Å². The zero-order valence-electron chi connectivity index (χ0n) is 26.8. The van der Waals surface area contributed by atoms with Gasteiger partial charge in [0, 0.05) is 6.61 Å². The molecule has 0 radical (unpaired) electrons. The summed E-state index contributed by atoms with van der Waals surface area (Å²) in [5.41, 5.74) is 6.50. The van der Waals surface area contributed by atoms with Crippen molar-refractivity contribution in [1.29, 1.82) is 0 Å². The van der Waals surface area contributed by atoms with Gasteiger partial charge in [0.15, 0.2) is 11.5 Å².